The van der Waals surface area contributed by atoms with Crippen LogP contribution in [0.1, 0.15) is 36.3 Å². The van der Waals surface area contributed by atoms with Gasteiger partial charge in [-0.05, 0) is 67.2 Å². The van der Waals surface area contributed by atoms with Crippen molar-refractivity contribution in [3.05, 3.63) is 84.0 Å². The van der Waals surface area contributed by atoms with E-state index in [9.17, 15) is 0 Å². The number of anilines is 1. The van der Waals surface area contributed by atoms with Crippen LogP contribution in [0.4, 0.5) is 5.82 Å². The van der Waals surface area contributed by atoms with E-state index in [0.717, 1.165) is 75.2 Å². The topological polar surface area (TPSA) is 91.5 Å². The second-order valence-corrected chi connectivity index (χ2v) is 9.89. The van der Waals surface area contributed by atoms with Crippen LogP contribution >= 0.6 is 0 Å². The fourth-order valence-corrected chi connectivity index (χ4v) is 5.59. The van der Waals surface area contributed by atoms with Gasteiger partial charge in [-0.3, -0.25) is 4.40 Å². The van der Waals surface area contributed by atoms with Gasteiger partial charge in [-0.2, -0.15) is 0 Å². The minimum Gasteiger partial charge on any atom is -0.496 e. The zero-order valence-electron chi connectivity index (χ0n) is 21.5. The fourth-order valence-electron chi connectivity index (χ4n) is 5.59. The summed E-state index contributed by atoms with van der Waals surface area (Å²) in [4.78, 5) is 9.66. The van der Waals surface area contributed by atoms with Gasteiger partial charge in [-0.25, -0.2) is 9.97 Å². The van der Waals surface area contributed by atoms with Crippen molar-refractivity contribution in [1.82, 2.24) is 14.4 Å². The minimum atomic E-state index is 0.220. The smallest absolute Gasteiger partial charge is 0.150 e. The van der Waals surface area contributed by atoms with Gasteiger partial charge in [-0.1, -0.05) is 54.1 Å². The Morgan fingerprint density at radius 3 is 2.46 bits per heavy atom. The molecule has 6 rings (SSSR count). The largest absolute Gasteiger partial charge is 0.496 e. The van der Waals surface area contributed by atoms with Crippen LogP contribution < -0.4 is 16.2 Å². The maximum atomic E-state index is 6.52. The van der Waals surface area contributed by atoms with Gasteiger partial charge >= 0.3 is 0 Å². The highest BCUT2D eigenvalue weighted by atomic mass is 16.5. The van der Waals surface area contributed by atoms with Crippen molar-refractivity contribution < 1.29 is 4.74 Å². The molecule has 0 saturated carbocycles. The van der Waals surface area contributed by atoms with E-state index in [1.807, 2.05) is 19.2 Å². The van der Waals surface area contributed by atoms with Crippen molar-refractivity contribution in [3.63, 3.8) is 0 Å². The van der Waals surface area contributed by atoms with Crippen LogP contribution in [0.25, 0.3) is 44.2 Å². The summed E-state index contributed by atoms with van der Waals surface area (Å²) in [6.45, 7) is 4.13. The molecule has 2 aromatic heterocycles. The van der Waals surface area contributed by atoms with Gasteiger partial charge in [-0.15, -0.1) is 0 Å². The highest BCUT2D eigenvalue weighted by Crippen LogP contribution is 2.41. The predicted octanol–water partition coefficient (Wildman–Crippen LogP) is 6.32. The van der Waals surface area contributed by atoms with Gasteiger partial charge in [0.05, 0.1) is 19.0 Å². The minimum absolute atomic E-state index is 0.220. The molecule has 37 heavy (non-hydrogen) atoms. The van der Waals surface area contributed by atoms with Crippen molar-refractivity contribution in [3.8, 4) is 28.1 Å². The van der Waals surface area contributed by atoms with E-state index in [1.165, 1.54) is 11.1 Å². The molecule has 1 atom stereocenters. The lowest BCUT2D eigenvalue weighted by molar-refractivity contribution is 0.416. The summed E-state index contributed by atoms with van der Waals surface area (Å²) in [5.41, 5.74) is 21.0. The maximum absolute atomic E-state index is 6.52. The van der Waals surface area contributed by atoms with Gasteiger partial charge in [0.2, 0.25) is 0 Å². The second-order valence-electron chi connectivity index (χ2n) is 9.89. The molecule has 1 aliphatic rings. The van der Waals surface area contributed by atoms with Crippen LogP contribution in [0, 0.1) is 13.8 Å². The molecular weight excluding hydrogens is 458 g/mol. The van der Waals surface area contributed by atoms with Gasteiger partial charge in [0.1, 0.15) is 28.6 Å². The number of benzene rings is 3. The number of hydrogen-bond acceptors (Lipinski definition) is 5. The molecule has 6 heteroatoms. The van der Waals surface area contributed by atoms with E-state index in [-0.39, 0.29) is 6.04 Å². The van der Waals surface area contributed by atoms with E-state index in [2.05, 4.69) is 70.9 Å². The Kier molecular flexibility index (Phi) is 5.69. The Hall–Kier alpha value is -4.16. The molecule has 0 spiro atoms. The molecule has 2 heterocycles. The summed E-state index contributed by atoms with van der Waals surface area (Å²) >= 11 is 0. The number of imidazole rings is 1. The summed E-state index contributed by atoms with van der Waals surface area (Å²) < 4.78 is 7.88. The first-order chi connectivity index (χ1) is 18.0. The van der Waals surface area contributed by atoms with Crippen LogP contribution in [0.5, 0.6) is 5.75 Å². The number of allylic oxidation sites excluding steroid dienone is 1. The zero-order valence-corrected chi connectivity index (χ0v) is 21.5. The van der Waals surface area contributed by atoms with Crippen LogP contribution in [-0.2, 0) is 0 Å². The molecule has 0 aliphatic heterocycles. The first-order valence-electron chi connectivity index (χ1n) is 12.7. The molecule has 0 saturated heterocycles. The molecule has 1 aliphatic carbocycles. The number of nitrogen functional groups attached to an aromatic ring is 1. The number of ether oxygens (including phenoxy) is 1. The molecule has 4 N–H and O–H groups in total. The highest BCUT2D eigenvalue weighted by Gasteiger charge is 2.22. The molecule has 0 amide bonds. The average Bonchev–Trinajstić information content (AvgIpc) is 3.26. The van der Waals surface area contributed by atoms with E-state index in [4.69, 9.17) is 21.2 Å². The quantitative estimate of drug-likeness (QED) is 0.308. The van der Waals surface area contributed by atoms with E-state index in [0.29, 0.717) is 5.82 Å². The van der Waals surface area contributed by atoms with Gasteiger partial charge in [0.25, 0.3) is 0 Å². The summed E-state index contributed by atoms with van der Waals surface area (Å²) in [5.74, 6) is 2.21. The molecule has 0 bridgehead atoms. The average molecular weight is 490 g/mol. The lowest BCUT2D eigenvalue weighted by atomic mass is 9.92. The molecule has 0 fully saturated rings. The Bertz CT molecular complexity index is 1700. The third kappa shape index (κ3) is 3.85. The molecule has 0 radical (unpaired) electrons. The number of nitrogens with zero attached hydrogens (tertiary/aromatic N) is 3. The van der Waals surface area contributed by atoms with Gasteiger partial charge in [0, 0.05) is 17.2 Å². The van der Waals surface area contributed by atoms with Crippen LogP contribution in [0.3, 0.4) is 0 Å². The maximum Gasteiger partial charge on any atom is 0.150 e. The Balaban J connectivity index is 1.60. The van der Waals surface area contributed by atoms with Crippen LogP contribution in [0.15, 0.2) is 66.9 Å². The number of fused-ring (bicyclic) bond motifs is 2. The Morgan fingerprint density at radius 1 is 0.973 bits per heavy atom. The molecule has 1 unspecified atom stereocenters. The summed E-state index contributed by atoms with van der Waals surface area (Å²) in [5, 5.41) is 2.24. The second kappa shape index (κ2) is 9.05. The van der Waals surface area contributed by atoms with Crippen molar-refractivity contribution in [2.24, 2.45) is 5.73 Å². The van der Waals surface area contributed by atoms with E-state index >= 15 is 0 Å². The Morgan fingerprint density at radius 2 is 1.73 bits per heavy atom. The standard InChI is InChI=1S/C31H31N5O/c1-18-8-15-28(37-3)26(16-18)24-13-14-25(23-7-5-4-6-22(23)24)29-30-31(33)34-17-27(36(30)19(2)35-29)20-9-11-21(32)12-10-20/h4-9,13-17,21H,10-12,32H2,1-3H3,(H2,33,34). The zero-order chi connectivity index (χ0) is 25.7. The van der Waals surface area contributed by atoms with Crippen molar-refractivity contribution in [2.75, 3.05) is 12.8 Å². The van der Waals surface area contributed by atoms with Crippen LogP contribution in [-0.4, -0.2) is 27.5 Å². The number of hydrogen-bond donors (Lipinski definition) is 2. The summed E-state index contributed by atoms with van der Waals surface area (Å²) in [6.07, 6.45) is 6.86. The van der Waals surface area contributed by atoms with E-state index < -0.39 is 0 Å². The summed E-state index contributed by atoms with van der Waals surface area (Å²) in [6, 6.07) is 19.2. The molecular formula is C31H31N5O. The van der Waals surface area contributed by atoms with Gasteiger partial charge < -0.3 is 16.2 Å². The predicted molar refractivity (Wildman–Crippen MR) is 152 cm³/mol. The van der Waals surface area contributed by atoms with Crippen molar-refractivity contribution in [2.45, 2.75) is 39.2 Å². The van der Waals surface area contributed by atoms with Gasteiger partial charge in [0.15, 0.2) is 0 Å². The molecule has 3 aromatic carbocycles. The van der Waals surface area contributed by atoms with Crippen molar-refractivity contribution in [1.29, 1.82) is 0 Å². The SMILES string of the molecule is COc1ccc(C)cc1-c1ccc(-c2nc(C)n3c(C4=CCC(N)CC4)cnc(N)c23)c2ccccc12. The number of nitrogens with two attached hydrogens (primary N) is 2. The number of aryl methyl sites for hydroxylation is 2. The van der Waals surface area contributed by atoms with Crippen molar-refractivity contribution >= 4 is 27.7 Å². The fraction of sp³-hybridized carbons (Fsp3) is 0.226. The first kappa shape index (κ1) is 23.3. The molecule has 6 nitrogen and oxygen atoms in total. The summed E-state index contributed by atoms with van der Waals surface area (Å²) in [7, 11) is 1.72. The lowest BCUT2D eigenvalue weighted by Crippen LogP contribution is -2.21. The normalized spacial score (nSPS) is 15.8. The number of rotatable bonds is 4. The first-order valence-corrected chi connectivity index (χ1v) is 12.7. The third-order valence-corrected chi connectivity index (χ3v) is 7.46. The number of methoxy groups -OCH3 is 1. The lowest BCUT2D eigenvalue weighted by Gasteiger charge is -2.20. The van der Waals surface area contributed by atoms with Crippen LogP contribution in [0.2, 0.25) is 0 Å². The third-order valence-electron chi connectivity index (χ3n) is 7.46. The molecule has 186 valence electrons. The Labute approximate surface area is 216 Å². The molecule has 5 aromatic rings. The highest BCUT2D eigenvalue weighted by molar-refractivity contribution is 6.07. The van der Waals surface area contributed by atoms with E-state index in [1.54, 1.807) is 7.11 Å². The monoisotopic (exact) mass is 489 g/mol. The number of aromatic nitrogens is 3.